The van der Waals surface area contributed by atoms with Crippen molar-refractivity contribution in [2.24, 2.45) is 5.92 Å². The third kappa shape index (κ3) is 6.31. The fourth-order valence-corrected chi connectivity index (χ4v) is 4.08. The van der Waals surface area contributed by atoms with Crippen LogP contribution in [0.3, 0.4) is 0 Å². The number of benzene rings is 2. The van der Waals surface area contributed by atoms with Gasteiger partial charge in [-0.3, -0.25) is 0 Å². The number of hydrogen-bond donors (Lipinski definition) is 2. The first-order chi connectivity index (χ1) is 14.3. The Hall–Kier alpha value is -1.88. The van der Waals surface area contributed by atoms with Gasteiger partial charge >= 0.3 is 0 Å². The average molecular weight is 412 g/mol. The van der Waals surface area contributed by atoms with E-state index in [1.165, 1.54) is 29.5 Å². The highest BCUT2D eigenvalue weighted by molar-refractivity contribution is 5.36. The van der Waals surface area contributed by atoms with E-state index in [2.05, 4.69) is 69.4 Å². The Morgan fingerprint density at radius 1 is 1.10 bits per heavy atom. The van der Waals surface area contributed by atoms with Gasteiger partial charge in [-0.2, -0.15) is 0 Å². The number of ether oxygens (including phenoxy) is 2. The largest absolute Gasteiger partial charge is 0.496 e. The topological polar surface area (TPSA) is 50.7 Å². The zero-order valence-corrected chi connectivity index (χ0v) is 19.1. The lowest BCUT2D eigenvalue weighted by Gasteiger charge is -2.29. The molecule has 0 aliphatic heterocycles. The first-order valence-electron chi connectivity index (χ1n) is 11.0. The first kappa shape index (κ1) is 22.8. The van der Waals surface area contributed by atoms with Gasteiger partial charge < -0.3 is 19.9 Å². The van der Waals surface area contributed by atoms with Crippen LogP contribution in [0.5, 0.6) is 5.75 Å². The van der Waals surface area contributed by atoms with Crippen LogP contribution in [-0.4, -0.2) is 37.0 Å². The van der Waals surface area contributed by atoms with Crippen molar-refractivity contribution in [3.63, 3.8) is 0 Å². The predicted molar refractivity (Wildman–Crippen MR) is 122 cm³/mol. The van der Waals surface area contributed by atoms with Gasteiger partial charge in [-0.15, -0.1) is 0 Å². The van der Waals surface area contributed by atoms with E-state index in [1.807, 2.05) is 6.07 Å². The van der Waals surface area contributed by atoms with Gasteiger partial charge in [0.05, 0.1) is 25.9 Å². The van der Waals surface area contributed by atoms with Gasteiger partial charge in [-0.05, 0) is 81.2 Å². The second kappa shape index (κ2) is 9.95. The summed E-state index contributed by atoms with van der Waals surface area (Å²) >= 11 is 0. The fourth-order valence-electron chi connectivity index (χ4n) is 4.08. The highest BCUT2D eigenvalue weighted by Gasteiger charge is 2.34. The van der Waals surface area contributed by atoms with Crippen molar-refractivity contribution in [2.75, 3.05) is 20.3 Å². The summed E-state index contributed by atoms with van der Waals surface area (Å²) in [5, 5.41) is 14.1. The molecule has 2 unspecified atom stereocenters. The van der Waals surface area contributed by atoms with Crippen LogP contribution in [-0.2, 0) is 11.2 Å². The van der Waals surface area contributed by atoms with Crippen LogP contribution in [0, 0.1) is 19.8 Å². The molecule has 4 heteroatoms. The first-order valence-corrected chi connectivity index (χ1v) is 11.0. The van der Waals surface area contributed by atoms with E-state index in [4.69, 9.17) is 9.47 Å². The molecule has 0 spiro atoms. The second-order valence-corrected chi connectivity index (χ2v) is 9.35. The van der Waals surface area contributed by atoms with Gasteiger partial charge in [0.2, 0.25) is 0 Å². The molecule has 3 rings (SSSR count). The zero-order chi connectivity index (χ0) is 21.7. The number of rotatable bonds is 11. The molecule has 2 aromatic carbocycles. The number of nitrogens with one attached hydrogen (secondary N) is 1. The van der Waals surface area contributed by atoms with Crippen LogP contribution in [0.4, 0.5) is 0 Å². The van der Waals surface area contributed by atoms with E-state index in [0.717, 1.165) is 17.7 Å². The molecule has 0 heterocycles. The summed E-state index contributed by atoms with van der Waals surface area (Å²) < 4.78 is 11.6. The highest BCUT2D eigenvalue weighted by atomic mass is 16.5. The van der Waals surface area contributed by atoms with Crippen molar-refractivity contribution in [2.45, 2.75) is 64.7 Å². The summed E-state index contributed by atoms with van der Waals surface area (Å²) in [7, 11) is 1.70. The third-order valence-corrected chi connectivity index (χ3v) is 5.93. The van der Waals surface area contributed by atoms with E-state index in [1.54, 1.807) is 7.11 Å². The summed E-state index contributed by atoms with van der Waals surface area (Å²) in [4.78, 5) is 0. The van der Waals surface area contributed by atoms with E-state index >= 15 is 0 Å². The van der Waals surface area contributed by atoms with Crippen LogP contribution in [0.1, 0.15) is 55.0 Å². The summed E-state index contributed by atoms with van der Waals surface area (Å²) in [6.45, 7) is 9.39. The van der Waals surface area contributed by atoms with Crippen molar-refractivity contribution < 1.29 is 14.6 Å². The van der Waals surface area contributed by atoms with Crippen LogP contribution >= 0.6 is 0 Å². The molecule has 4 nitrogen and oxygen atoms in total. The number of aliphatic hydroxyl groups excluding tert-OH is 1. The van der Waals surface area contributed by atoms with Crippen LogP contribution in [0.25, 0.3) is 0 Å². The van der Waals surface area contributed by atoms with E-state index < -0.39 is 6.10 Å². The Labute approximate surface area is 181 Å². The zero-order valence-electron chi connectivity index (χ0n) is 19.1. The Morgan fingerprint density at radius 3 is 2.47 bits per heavy atom. The maximum atomic E-state index is 10.6. The fraction of sp³-hybridized carbons (Fsp3) is 0.538. The molecule has 0 amide bonds. The molecule has 164 valence electrons. The number of hydrogen-bond acceptors (Lipinski definition) is 4. The number of β-amino-alcohol motifs (C(OH)–C–C–N with tert-alkyl or cyclic N) is 1. The van der Waals surface area contributed by atoms with Crippen molar-refractivity contribution in [1.29, 1.82) is 0 Å². The molecule has 0 saturated heterocycles. The number of aliphatic hydroxyl groups is 1. The molecule has 1 aliphatic carbocycles. The number of methoxy groups -OCH3 is 1. The van der Waals surface area contributed by atoms with E-state index in [0.29, 0.717) is 19.1 Å². The molecular formula is C26H37NO3. The quantitative estimate of drug-likeness (QED) is 0.560. The highest BCUT2D eigenvalue weighted by Crippen LogP contribution is 2.44. The van der Waals surface area contributed by atoms with Gasteiger partial charge in [-0.25, -0.2) is 0 Å². The minimum absolute atomic E-state index is 0.0936. The minimum atomic E-state index is -0.535. The molecule has 2 N–H and O–H groups in total. The lowest BCUT2D eigenvalue weighted by molar-refractivity contribution is -0.0213. The molecule has 0 radical (unpaired) electrons. The molecule has 30 heavy (non-hydrogen) atoms. The third-order valence-electron chi connectivity index (χ3n) is 5.93. The number of aryl methyl sites for hydroxylation is 2. The van der Waals surface area contributed by atoms with Gasteiger partial charge in [0.1, 0.15) is 5.75 Å². The second-order valence-electron chi connectivity index (χ2n) is 9.35. The SMILES string of the molecule is COc1ccc(CC(C)(C)NCC(O)COC(c2ccccc2C)C2CC2)cc1C. The summed E-state index contributed by atoms with van der Waals surface area (Å²) in [5.74, 6) is 1.50. The Kier molecular flexibility index (Phi) is 7.56. The molecule has 2 aromatic rings. The normalized spacial score (nSPS) is 16.3. The van der Waals surface area contributed by atoms with Gasteiger partial charge in [0, 0.05) is 12.1 Å². The van der Waals surface area contributed by atoms with Gasteiger partial charge in [0.15, 0.2) is 0 Å². The lowest BCUT2D eigenvalue weighted by atomic mass is 9.93. The van der Waals surface area contributed by atoms with Crippen LogP contribution in [0.2, 0.25) is 0 Å². The van der Waals surface area contributed by atoms with Crippen molar-refractivity contribution >= 4 is 0 Å². The van der Waals surface area contributed by atoms with E-state index in [9.17, 15) is 5.11 Å². The van der Waals surface area contributed by atoms with Gasteiger partial charge in [0.25, 0.3) is 0 Å². The molecule has 2 atom stereocenters. The molecule has 1 fully saturated rings. The Bertz CT molecular complexity index is 829. The lowest BCUT2D eigenvalue weighted by Crippen LogP contribution is -2.46. The van der Waals surface area contributed by atoms with Crippen molar-refractivity contribution in [3.8, 4) is 5.75 Å². The standard InChI is InChI=1S/C26H37NO3/c1-18-8-6-7-9-23(18)25(21-11-12-21)30-17-22(28)16-27-26(3,4)15-20-10-13-24(29-5)19(2)14-20/h6-10,13-14,21-22,25,27-28H,11-12,15-17H2,1-5H3. The maximum Gasteiger partial charge on any atom is 0.121 e. The summed E-state index contributed by atoms with van der Waals surface area (Å²) in [6.07, 6.45) is 2.85. The van der Waals surface area contributed by atoms with Crippen molar-refractivity contribution in [3.05, 3.63) is 64.7 Å². The summed E-state index contributed by atoms with van der Waals surface area (Å²) in [5.41, 5.74) is 4.79. The molecule has 0 aromatic heterocycles. The smallest absolute Gasteiger partial charge is 0.121 e. The predicted octanol–water partition coefficient (Wildman–Crippen LogP) is 4.75. The molecule has 1 aliphatic rings. The monoisotopic (exact) mass is 411 g/mol. The van der Waals surface area contributed by atoms with Gasteiger partial charge in [-0.1, -0.05) is 36.4 Å². The Balaban J connectivity index is 1.50. The molecule has 1 saturated carbocycles. The summed E-state index contributed by atoms with van der Waals surface area (Å²) in [6, 6.07) is 14.7. The maximum absolute atomic E-state index is 10.6. The Morgan fingerprint density at radius 2 is 1.83 bits per heavy atom. The van der Waals surface area contributed by atoms with Crippen LogP contribution in [0.15, 0.2) is 42.5 Å². The molecule has 0 bridgehead atoms. The van der Waals surface area contributed by atoms with Crippen molar-refractivity contribution in [1.82, 2.24) is 5.32 Å². The average Bonchev–Trinajstić information content (AvgIpc) is 3.53. The van der Waals surface area contributed by atoms with E-state index in [-0.39, 0.29) is 11.6 Å². The van der Waals surface area contributed by atoms with Crippen LogP contribution < -0.4 is 10.1 Å². The molecular weight excluding hydrogens is 374 g/mol. The minimum Gasteiger partial charge on any atom is -0.496 e.